The fourth-order valence-electron chi connectivity index (χ4n) is 3.36. The van der Waals surface area contributed by atoms with Crippen LogP contribution in [0.4, 0.5) is 0 Å². The SMILES string of the molecule is CC(C)(C)[Si](C)(C)OCC1CC[C@@]2(CCOC2=O)[C@]1(C)O. The van der Waals surface area contributed by atoms with Crippen molar-refractivity contribution in [3.63, 3.8) is 0 Å². The van der Waals surface area contributed by atoms with Crippen LogP contribution in [0, 0.1) is 11.3 Å². The number of aliphatic hydroxyl groups is 1. The smallest absolute Gasteiger partial charge is 0.315 e. The molecule has 0 amide bonds. The molecule has 0 aromatic rings. The van der Waals surface area contributed by atoms with Crippen molar-refractivity contribution in [2.75, 3.05) is 13.2 Å². The van der Waals surface area contributed by atoms with E-state index < -0.39 is 19.3 Å². The summed E-state index contributed by atoms with van der Waals surface area (Å²) in [6.45, 7) is 13.8. The lowest BCUT2D eigenvalue weighted by Gasteiger charge is -2.40. The standard InChI is InChI=1S/C16H30O4Si/c1-14(2,3)21(5,6)20-11-12-7-8-16(15(12,4)18)9-10-19-13(16)17/h12,18H,7-11H2,1-6H3/t12?,15-,16+/m1/s1. The fourth-order valence-corrected chi connectivity index (χ4v) is 4.41. The Kier molecular flexibility index (Phi) is 4.09. The molecule has 1 N–H and O–H groups in total. The summed E-state index contributed by atoms with van der Waals surface area (Å²) >= 11 is 0. The molecule has 1 saturated heterocycles. The summed E-state index contributed by atoms with van der Waals surface area (Å²) in [4.78, 5) is 12.1. The summed E-state index contributed by atoms with van der Waals surface area (Å²) in [5, 5.41) is 11.2. The van der Waals surface area contributed by atoms with E-state index in [2.05, 4.69) is 33.9 Å². The van der Waals surface area contributed by atoms with Gasteiger partial charge in [-0.05, 0) is 37.9 Å². The van der Waals surface area contributed by atoms with Crippen molar-refractivity contribution < 1.29 is 19.1 Å². The van der Waals surface area contributed by atoms with E-state index in [0.717, 1.165) is 6.42 Å². The van der Waals surface area contributed by atoms with Crippen LogP contribution < -0.4 is 0 Å². The van der Waals surface area contributed by atoms with Gasteiger partial charge in [-0.25, -0.2) is 0 Å². The third-order valence-electron chi connectivity index (χ3n) is 6.29. The second-order valence-electron chi connectivity index (χ2n) is 8.42. The molecule has 122 valence electrons. The third kappa shape index (κ3) is 2.57. The molecule has 21 heavy (non-hydrogen) atoms. The Morgan fingerprint density at radius 1 is 1.38 bits per heavy atom. The lowest BCUT2D eigenvalue weighted by atomic mass is 9.71. The first kappa shape index (κ1) is 17.0. The topological polar surface area (TPSA) is 55.8 Å². The molecule has 4 nitrogen and oxygen atoms in total. The van der Waals surface area contributed by atoms with Crippen LogP contribution in [0.2, 0.25) is 18.1 Å². The van der Waals surface area contributed by atoms with Crippen LogP contribution in [0.15, 0.2) is 0 Å². The average molecular weight is 314 g/mol. The lowest BCUT2D eigenvalue weighted by Crippen LogP contribution is -2.51. The number of esters is 1. The predicted molar refractivity (Wildman–Crippen MR) is 84.5 cm³/mol. The molecule has 1 spiro atoms. The minimum atomic E-state index is -1.83. The van der Waals surface area contributed by atoms with Crippen molar-refractivity contribution in [1.29, 1.82) is 0 Å². The molecule has 2 aliphatic rings. The molecule has 1 heterocycles. The van der Waals surface area contributed by atoms with Crippen molar-refractivity contribution >= 4 is 14.3 Å². The van der Waals surface area contributed by atoms with E-state index in [1.807, 2.05) is 0 Å². The molecule has 2 fully saturated rings. The van der Waals surface area contributed by atoms with Gasteiger partial charge in [0, 0.05) is 18.9 Å². The maximum absolute atomic E-state index is 12.1. The van der Waals surface area contributed by atoms with Crippen LogP contribution in [0.1, 0.15) is 47.0 Å². The first-order valence-electron chi connectivity index (χ1n) is 7.98. The average Bonchev–Trinajstić information content (AvgIpc) is 2.80. The van der Waals surface area contributed by atoms with Gasteiger partial charge >= 0.3 is 5.97 Å². The largest absolute Gasteiger partial charge is 0.465 e. The van der Waals surface area contributed by atoms with Gasteiger partial charge in [-0.2, -0.15) is 0 Å². The second-order valence-corrected chi connectivity index (χ2v) is 13.2. The van der Waals surface area contributed by atoms with Gasteiger partial charge in [-0.1, -0.05) is 20.8 Å². The molecule has 0 radical (unpaired) electrons. The fraction of sp³-hybridized carbons (Fsp3) is 0.938. The second kappa shape index (κ2) is 5.07. The highest BCUT2D eigenvalue weighted by Crippen LogP contribution is 2.55. The van der Waals surface area contributed by atoms with E-state index in [0.29, 0.717) is 26.1 Å². The molecule has 1 aliphatic carbocycles. The summed E-state index contributed by atoms with van der Waals surface area (Å²) in [5.41, 5.74) is -1.72. The van der Waals surface area contributed by atoms with Crippen molar-refractivity contribution in [2.24, 2.45) is 11.3 Å². The monoisotopic (exact) mass is 314 g/mol. The van der Waals surface area contributed by atoms with Gasteiger partial charge in [-0.3, -0.25) is 4.79 Å². The number of cyclic esters (lactones) is 1. The van der Waals surface area contributed by atoms with E-state index in [-0.39, 0.29) is 16.9 Å². The van der Waals surface area contributed by atoms with Crippen LogP contribution in [-0.4, -0.2) is 38.2 Å². The highest BCUT2D eigenvalue weighted by molar-refractivity contribution is 6.74. The highest BCUT2D eigenvalue weighted by Gasteiger charge is 2.63. The van der Waals surface area contributed by atoms with Gasteiger partial charge in [0.15, 0.2) is 8.32 Å². The van der Waals surface area contributed by atoms with E-state index in [9.17, 15) is 9.90 Å². The maximum atomic E-state index is 12.1. The molecule has 1 aliphatic heterocycles. The molecule has 2 rings (SSSR count). The van der Waals surface area contributed by atoms with Gasteiger partial charge in [0.1, 0.15) is 0 Å². The van der Waals surface area contributed by atoms with Gasteiger partial charge < -0.3 is 14.3 Å². The van der Waals surface area contributed by atoms with Crippen LogP contribution in [-0.2, 0) is 14.0 Å². The molecule has 0 aromatic carbocycles. The van der Waals surface area contributed by atoms with Gasteiger partial charge in [-0.15, -0.1) is 0 Å². The lowest BCUT2D eigenvalue weighted by molar-refractivity contribution is -0.160. The van der Waals surface area contributed by atoms with E-state index in [1.54, 1.807) is 6.92 Å². The van der Waals surface area contributed by atoms with Crippen LogP contribution in [0.25, 0.3) is 0 Å². The molecule has 5 heteroatoms. The molecule has 1 unspecified atom stereocenters. The minimum Gasteiger partial charge on any atom is -0.465 e. The molecular formula is C16H30O4Si. The number of hydrogen-bond donors (Lipinski definition) is 1. The zero-order valence-corrected chi connectivity index (χ0v) is 15.3. The van der Waals surface area contributed by atoms with E-state index in [4.69, 9.17) is 9.16 Å². The summed E-state index contributed by atoms with van der Waals surface area (Å²) in [6.07, 6.45) is 2.18. The number of carbonyl (C=O) groups excluding carboxylic acids is 1. The molecule has 0 bridgehead atoms. The van der Waals surface area contributed by atoms with Gasteiger partial charge in [0.2, 0.25) is 0 Å². The summed E-state index contributed by atoms with van der Waals surface area (Å²) in [6, 6.07) is 0. The van der Waals surface area contributed by atoms with Crippen molar-refractivity contribution in [1.82, 2.24) is 0 Å². The molecule has 1 saturated carbocycles. The zero-order valence-electron chi connectivity index (χ0n) is 14.3. The molecule has 0 aromatic heterocycles. The Morgan fingerprint density at radius 2 is 2.00 bits per heavy atom. The number of rotatable bonds is 3. The van der Waals surface area contributed by atoms with Crippen molar-refractivity contribution in [3.05, 3.63) is 0 Å². The number of ether oxygens (including phenoxy) is 1. The first-order chi connectivity index (χ1) is 9.44. The summed E-state index contributed by atoms with van der Waals surface area (Å²) in [7, 11) is -1.83. The number of carbonyl (C=O) groups is 1. The van der Waals surface area contributed by atoms with Gasteiger partial charge in [0.05, 0.1) is 17.6 Å². The Balaban J connectivity index is 2.08. The Hall–Kier alpha value is -0.393. The summed E-state index contributed by atoms with van der Waals surface area (Å²) in [5.74, 6) is -0.209. The zero-order chi connectivity index (χ0) is 16.1. The van der Waals surface area contributed by atoms with Crippen LogP contribution in [0.3, 0.4) is 0 Å². The first-order valence-corrected chi connectivity index (χ1v) is 10.9. The molecule has 3 atom stereocenters. The highest BCUT2D eigenvalue weighted by atomic mass is 28.4. The van der Waals surface area contributed by atoms with E-state index >= 15 is 0 Å². The Labute approximate surface area is 129 Å². The number of hydrogen-bond acceptors (Lipinski definition) is 4. The Morgan fingerprint density at radius 3 is 2.48 bits per heavy atom. The van der Waals surface area contributed by atoms with Gasteiger partial charge in [0.25, 0.3) is 0 Å². The summed E-state index contributed by atoms with van der Waals surface area (Å²) < 4.78 is 11.4. The molecular weight excluding hydrogens is 284 g/mol. The minimum absolute atomic E-state index is 0.0114. The van der Waals surface area contributed by atoms with Crippen LogP contribution in [0.5, 0.6) is 0 Å². The van der Waals surface area contributed by atoms with E-state index in [1.165, 1.54) is 0 Å². The third-order valence-corrected chi connectivity index (χ3v) is 10.8. The quantitative estimate of drug-likeness (QED) is 0.642. The Bertz CT molecular complexity index is 424. The maximum Gasteiger partial charge on any atom is 0.315 e. The predicted octanol–water partition coefficient (Wildman–Crippen LogP) is 3.10. The van der Waals surface area contributed by atoms with Crippen molar-refractivity contribution in [2.45, 2.75) is 70.7 Å². The van der Waals surface area contributed by atoms with Crippen molar-refractivity contribution in [3.8, 4) is 0 Å². The van der Waals surface area contributed by atoms with Crippen LogP contribution >= 0.6 is 0 Å². The normalized spacial score (nSPS) is 37.3.